The van der Waals surface area contributed by atoms with Gasteiger partial charge in [-0.05, 0) is 55.8 Å². The number of nitrogens with one attached hydrogen (secondary N) is 4. The Morgan fingerprint density at radius 2 is 1.87 bits per heavy atom. The van der Waals surface area contributed by atoms with E-state index in [0.29, 0.717) is 44.8 Å². The number of fused-ring (bicyclic) bond motifs is 1. The summed E-state index contributed by atoms with van der Waals surface area (Å²) in [5.74, 6) is -0.392. The van der Waals surface area contributed by atoms with Crippen LogP contribution in [0.4, 0.5) is 5.69 Å². The summed E-state index contributed by atoms with van der Waals surface area (Å²) in [6.45, 7) is 3.74. The second-order valence-corrected chi connectivity index (χ2v) is 10.8. The van der Waals surface area contributed by atoms with Crippen LogP contribution in [0.3, 0.4) is 0 Å². The van der Waals surface area contributed by atoms with Gasteiger partial charge >= 0.3 is 0 Å². The van der Waals surface area contributed by atoms with Crippen LogP contribution < -0.4 is 20.8 Å². The average molecular weight is 533 g/mol. The normalized spacial score (nSPS) is 15.3. The van der Waals surface area contributed by atoms with Gasteiger partial charge in [-0.3, -0.25) is 9.59 Å². The highest BCUT2D eigenvalue weighted by atomic mass is 32.2. The molecule has 4 N–H and O–H groups in total. The van der Waals surface area contributed by atoms with Crippen LogP contribution >= 0.6 is 0 Å². The maximum atomic E-state index is 13.2. The molecule has 0 aliphatic heterocycles. The fraction of sp³-hybridized carbons (Fsp3) is 0.179. The lowest BCUT2D eigenvalue weighted by atomic mass is 9.97. The third kappa shape index (κ3) is 5.76. The Morgan fingerprint density at radius 3 is 2.58 bits per heavy atom. The van der Waals surface area contributed by atoms with E-state index < -0.39 is 22.0 Å². The van der Waals surface area contributed by atoms with Crippen molar-refractivity contribution < 1.29 is 17.6 Å². The maximum absolute atomic E-state index is 13.2. The topological polar surface area (TPSA) is 141 Å². The molecule has 1 heterocycles. The molecule has 0 saturated carbocycles. The van der Waals surface area contributed by atoms with Crippen LogP contribution in [0.15, 0.2) is 81.7 Å². The van der Waals surface area contributed by atoms with Crippen LogP contribution in [0.25, 0.3) is 16.5 Å². The third-order valence-electron chi connectivity index (χ3n) is 5.93. The lowest BCUT2D eigenvalue weighted by Gasteiger charge is -2.20. The number of sulfonamides is 1. The van der Waals surface area contributed by atoms with Gasteiger partial charge < -0.3 is 20.5 Å². The van der Waals surface area contributed by atoms with Crippen LogP contribution in [0.5, 0.6) is 0 Å². The van der Waals surface area contributed by atoms with Crippen LogP contribution in [0.1, 0.15) is 40.2 Å². The largest absolute Gasteiger partial charge is 0.455 e. The van der Waals surface area contributed by atoms with E-state index in [0.717, 1.165) is 11.8 Å². The molecule has 38 heavy (non-hydrogen) atoms. The van der Waals surface area contributed by atoms with Crippen molar-refractivity contribution in [1.82, 2.24) is 10.0 Å². The van der Waals surface area contributed by atoms with Gasteiger partial charge in [0, 0.05) is 41.7 Å². The Kier molecular flexibility index (Phi) is 7.36. The van der Waals surface area contributed by atoms with Gasteiger partial charge in [-0.1, -0.05) is 18.2 Å². The summed E-state index contributed by atoms with van der Waals surface area (Å²) in [4.78, 5) is 25.8. The van der Waals surface area contributed by atoms with Crippen LogP contribution in [-0.2, 0) is 10.0 Å². The molecule has 1 aliphatic rings. The van der Waals surface area contributed by atoms with Gasteiger partial charge in [-0.25, -0.2) is 13.1 Å². The second-order valence-electron chi connectivity index (χ2n) is 9.06. The van der Waals surface area contributed by atoms with E-state index in [1.807, 2.05) is 24.6 Å². The highest BCUT2D eigenvalue weighted by Crippen LogP contribution is 2.31. The smallest absolute Gasteiger partial charge is 0.266 e. The van der Waals surface area contributed by atoms with Crippen LogP contribution in [0.2, 0.25) is 0 Å². The lowest BCUT2D eigenvalue weighted by molar-refractivity contribution is 0.0982. The molecule has 1 amide bonds. The van der Waals surface area contributed by atoms with Crippen molar-refractivity contribution in [1.29, 1.82) is 5.41 Å². The maximum Gasteiger partial charge on any atom is 0.266 e. The predicted molar refractivity (Wildman–Crippen MR) is 150 cm³/mol. The number of carbonyl (C=O) groups is 1. The van der Waals surface area contributed by atoms with E-state index in [-0.39, 0.29) is 11.0 Å². The van der Waals surface area contributed by atoms with Gasteiger partial charge in [-0.15, -0.1) is 0 Å². The van der Waals surface area contributed by atoms with E-state index in [2.05, 4.69) is 10.6 Å². The lowest BCUT2D eigenvalue weighted by Crippen LogP contribution is -2.30. The molecule has 9 nitrogen and oxygen atoms in total. The molecule has 1 aliphatic carbocycles. The number of allylic oxidation sites excluding steroid dienone is 5. The number of amides is 1. The fourth-order valence-electron chi connectivity index (χ4n) is 4.23. The zero-order chi connectivity index (χ0) is 27.6. The molecule has 2 aromatic carbocycles. The van der Waals surface area contributed by atoms with Crippen LogP contribution in [0, 0.1) is 12.3 Å². The van der Waals surface area contributed by atoms with Crippen molar-refractivity contribution in [2.24, 2.45) is 0 Å². The number of rotatable bonds is 7. The zero-order valence-corrected chi connectivity index (χ0v) is 22.2. The fourth-order valence-corrected chi connectivity index (χ4v) is 4.68. The van der Waals surface area contributed by atoms with E-state index >= 15 is 0 Å². The minimum atomic E-state index is -3.74. The summed E-state index contributed by atoms with van der Waals surface area (Å²) in [6.07, 6.45) is 7.75. The second kappa shape index (κ2) is 10.5. The van der Waals surface area contributed by atoms with Crippen molar-refractivity contribution in [2.45, 2.75) is 19.9 Å². The monoisotopic (exact) mass is 532 g/mol. The number of hydrogen-bond donors (Lipinski definition) is 4. The first kappa shape index (κ1) is 26.6. The molecule has 0 bridgehead atoms. The first-order chi connectivity index (χ1) is 18.0. The minimum absolute atomic E-state index is 0.160. The molecule has 196 valence electrons. The highest BCUT2D eigenvalue weighted by molar-refractivity contribution is 7.89. The Hall–Kier alpha value is -4.44. The Balaban J connectivity index is 1.79. The first-order valence-corrected chi connectivity index (χ1v) is 13.7. The number of benzene rings is 2. The van der Waals surface area contributed by atoms with E-state index in [4.69, 9.17) is 9.83 Å². The van der Waals surface area contributed by atoms with Gasteiger partial charge in [0.25, 0.3) is 5.91 Å². The summed E-state index contributed by atoms with van der Waals surface area (Å²) < 4.78 is 31.5. The molecule has 4 rings (SSSR count). The highest BCUT2D eigenvalue weighted by Gasteiger charge is 2.20. The molecule has 3 aromatic rings. The quantitative estimate of drug-likeness (QED) is 0.360. The van der Waals surface area contributed by atoms with Gasteiger partial charge in [0.1, 0.15) is 11.3 Å². The number of anilines is 1. The van der Waals surface area contributed by atoms with Crippen molar-refractivity contribution >= 4 is 43.9 Å². The van der Waals surface area contributed by atoms with E-state index in [1.165, 1.54) is 12.1 Å². The van der Waals surface area contributed by atoms with Gasteiger partial charge in [0.15, 0.2) is 5.43 Å². The number of hydrogen-bond acceptors (Lipinski definition) is 8. The van der Waals surface area contributed by atoms with E-state index in [1.54, 1.807) is 55.7 Å². The molecule has 0 saturated heterocycles. The average Bonchev–Trinajstić information content (AvgIpc) is 2.84. The predicted octanol–water partition coefficient (Wildman–Crippen LogP) is 4.04. The molecular formula is C28H28N4O5S. The first-order valence-electron chi connectivity index (χ1n) is 11.8. The Morgan fingerprint density at radius 1 is 1.13 bits per heavy atom. The number of carbonyl (C=O) groups excluding carboxylic acids is 1. The molecule has 10 heteroatoms. The van der Waals surface area contributed by atoms with E-state index in [9.17, 15) is 18.0 Å². The zero-order valence-electron chi connectivity index (χ0n) is 21.4. The molecule has 0 spiro atoms. The molecule has 1 atom stereocenters. The summed E-state index contributed by atoms with van der Waals surface area (Å²) in [5, 5.41) is 14.7. The van der Waals surface area contributed by atoms with Crippen molar-refractivity contribution in [3.8, 4) is 0 Å². The summed E-state index contributed by atoms with van der Waals surface area (Å²) >= 11 is 0. The molecular weight excluding hydrogens is 504 g/mol. The summed E-state index contributed by atoms with van der Waals surface area (Å²) in [7, 11) is -2.00. The molecule has 1 aromatic heterocycles. The van der Waals surface area contributed by atoms with Crippen molar-refractivity contribution in [3.63, 3.8) is 0 Å². The van der Waals surface area contributed by atoms with Gasteiger partial charge in [-0.2, -0.15) is 0 Å². The summed E-state index contributed by atoms with van der Waals surface area (Å²) in [6, 6.07) is 11.3. The Labute approximate surface area is 220 Å². The van der Waals surface area contributed by atoms with Crippen molar-refractivity contribution in [2.75, 3.05) is 18.6 Å². The molecule has 0 fully saturated rings. The van der Waals surface area contributed by atoms with Gasteiger partial charge in [0.05, 0.1) is 29.0 Å². The third-order valence-corrected chi connectivity index (χ3v) is 6.48. The number of aryl methyl sites for hydroxylation is 1. The SMILES string of the molecule is CN/C=C1/C=C(c2cc(=O)c3cc(C)cc([C@@H](C)Nc4ccccc4C(=O)NS(C)(=O)=O)c3o2)C=CC1=N. The van der Waals surface area contributed by atoms with Crippen LogP contribution in [-0.4, -0.2) is 33.3 Å². The number of para-hydroxylation sites is 1. The van der Waals surface area contributed by atoms with Gasteiger partial charge in [0.2, 0.25) is 10.0 Å². The molecule has 0 radical (unpaired) electrons. The summed E-state index contributed by atoms with van der Waals surface area (Å²) in [5.41, 5.74) is 3.95. The molecule has 0 unspecified atom stereocenters. The standard InChI is InChI=1S/C28H28N4O5S/c1-16-11-21(17(2)31-24-8-6-5-7-20(24)28(34)32-38(4,35)36)27-22(12-16)25(33)14-26(37-27)18-9-10-23(29)19(13-18)15-30-3/h5-15,17,29-31H,1-4H3,(H,32,34)/b19-15-,29-23?/t17-/m1/s1. The van der Waals surface area contributed by atoms with Crippen molar-refractivity contribution in [3.05, 3.63) is 105 Å². The Bertz CT molecular complexity index is 1710. The minimum Gasteiger partial charge on any atom is -0.455 e.